The highest BCUT2D eigenvalue weighted by Gasteiger charge is 2.42. The molecule has 2 unspecified atom stereocenters. The molecule has 158 valence electrons. The molecule has 1 fully saturated rings. The van der Waals surface area contributed by atoms with E-state index >= 15 is 0 Å². The minimum atomic E-state index is -0.728. The average Bonchev–Trinajstić information content (AvgIpc) is 3.43. The molecule has 0 aliphatic carbocycles. The van der Waals surface area contributed by atoms with Crippen molar-refractivity contribution in [2.45, 2.75) is 31.3 Å². The normalized spacial score (nSPS) is 20.9. The fourth-order valence-corrected chi connectivity index (χ4v) is 3.62. The lowest BCUT2D eigenvalue weighted by Crippen LogP contribution is -2.37. The van der Waals surface area contributed by atoms with Gasteiger partial charge in [-0.3, -0.25) is 0 Å². The molecule has 0 spiro atoms. The number of ether oxygens (including phenoxy) is 4. The van der Waals surface area contributed by atoms with Crippen LogP contribution in [0.4, 0.5) is 0 Å². The van der Waals surface area contributed by atoms with E-state index in [1.807, 2.05) is 59.3 Å². The van der Waals surface area contributed by atoms with Crippen LogP contribution < -0.4 is 9.47 Å². The highest BCUT2D eigenvalue weighted by molar-refractivity contribution is 6.30. The molecule has 0 radical (unpaired) electrons. The van der Waals surface area contributed by atoms with Gasteiger partial charge in [-0.1, -0.05) is 23.7 Å². The van der Waals surface area contributed by atoms with Crippen molar-refractivity contribution < 1.29 is 18.9 Å². The van der Waals surface area contributed by atoms with Gasteiger partial charge in [-0.2, -0.15) is 0 Å². The van der Waals surface area contributed by atoms with Crippen LogP contribution in [0, 0.1) is 0 Å². The van der Waals surface area contributed by atoms with E-state index in [0.29, 0.717) is 26.2 Å². The number of aryl methyl sites for hydroxylation is 1. The third-order valence-electron chi connectivity index (χ3n) is 5.10. The van der Waals surface area contributed by atoms with E-state index in [4.69, 9.17) is 30.5 Å². The fourth-order valence-electron chi connectivity index (χ4n) is 3.50. The number of hydrogen-bond donors (Lipinski definition) is 0. The van der Waals surface area contributed by atoms with Gasteiger partial charge in [-0.25, -0.2) is 4.98 Å². The van der Waals surface area contributed by atoms with Crippen molar-refractivity contribution in [1.29, 1.82) is 0 Å². The molecule has 0 saturated carbocycles. The van der Waals surface area contributed by atoms with E-state index in [-0.39, 0.29) is 6.10 Å². The van der Waals surface area contributed by atoms with Gasteiger partial charge in [0.15, 0.2) is 5.79 Å². The summed E-state index contributed by atoms with van der Waals surface area (Å²) in [5.74, 6) is 0.839. The maximum absolute atomic E-state index is 6.39. The van der Waals surface area contributed by atoms with E-state index in [1.165, 1.54) is 5.56 Å². The predicted molar refractivity (Wildman–Crippen MR) is 114 cm³/mol. The second-order valence-corrected chi connectivity index (χ2v) is 7.75. The molecule has 1 aromatic heterocycles. The summed E-state index contributed by atoms with van der Waals surface area (Å²) >= 11 is 6.00. The maximum Gasteiger partial charge on any atom is 0.187 e. The Balaban J connectivity index is 1.39. The zero-order valence-corrected chi connectivity index (χ0v) is 17.6. The van der Waals surface area contributed by atoms with E-state index in [9.17, 15) is 0 Å². The topological polar surface area (TPSA) is 54.7 Å². The highest BCUT2D eigenvalue weighted by Crippen LogP contribution is 2.31. The predicted octanol–water partition coefficient (Wildman–Crippen LogP) is 4.37. The summed E-state index contributed by atoms with van der Waals surface area (Å²) in [6.07, 6.45) is 6.83. The Labute approximate surface area is 181 Å². The van der Waals surface area contributed by atoms with Crippen molar-refractivity contribution in [1.82, 2.24) is 9.55 Å². The largest absolute Gasteiger partial charge is 0.497 e. The molecule has 0 N–H and O–H groups in total. The number of hydrogen-bond acceptors (Lipinski definition) is 5. The van der Waals surface area contributed by atoms with Crippen LogP contribution in [0.2, 0.25) is 5.02 Å². The third-order valence-corrected chi connectivity index (χ3v) is 5.35. The highest BCUT2D eigenvalue weighted by atomic mass is 35.5. The fraction of sp³-hybridized carbons (Fsp3) is 0.348. The van der Waals surface area contributed by atoms with Gasteiger partial charge in [0.2, 0.25) is 0 Å². The Hall–Kier alpha value is -2.54. The molecule has 1 saturated heterocycles. The molecular weight excluding hydrogens is 404 g/mol. The summed E-state index contributed by atoms with van der Waals surface area (Å²) in [5.41, 5.74) is 1.19. The van der Waals surface area contributed by atoms with Crippen LogP contribution >= 0.6 is 11.6 Å². The third kappa shape index (κ3) is 5.33. The van der Waals surface area contributed by atoms with Crippen molar-refractivity contribution in [3.63, 3.8) is 0 Å². The van der Waals surface area contributed by atoms with Gasteiger partial charge < -0.3 is 23.5 Å². The lowest BCUT2D eigenvalue weighted by atomic mass is 10.0. The summed E-state index contributed by atoms with van der Waals surface area (Å²) in [6.45, 7) is 1.46. The molecule has 1 aliphatic rings. The number of imidazole rings is 1. The number of rotatable bonds is 9. The molecule has 2 aromatic carbocycles. The zero-order valence-electron chi connectivity index (χ0n) is 16.9. The Morgan fingerprint density at radius 2 is 1.90 bits per heavy atom. The second kappa shape index (κ2) is 9.51. The Morgan fingerprint density at radius 3 is 2.60 bits per heavy atom. The summed E-state index contributed by atoms with van der Waals surface area (Å²) in [5, 5.41) is 0.732. The van der Waals surface area contributed by atoms with Gasteiger partial charge in [0.1, 0.15) is 24.2 Å². The Morgan fingerprint density at radius 1 is 1.13 bits per heavy atom. The molecule has 6 nitrogen and oxygen atoms in total. The van der Waals surface area contributed by atoms with Gasteiger partial charge in [0, 0.05) is 23.8 Å². The van der Waals surface area contributed by atoms with Crippen LogP contribution in [0.15, 0.2) is 67.3 Å². The molecule has 4 rings (SSSR count). The average molecular weight is 429 g/mol. The van der Waals surface area contributed by atoms with Gasteiger partial charge in [-0.15, -0.1) is 0 Å². The minimum absolute atomic E-state index is 0.152. The first kappa shape index (κ1) is 20.7. The summed E-state index contributed by atoms with van der Waals surface area (Å²) in [6, 6.07) is 15.4. The van der Waals surface area contributed by atoms with Crippen molar-refractivity contribution >= 4 is 11.6 Å². The standard InChI is InChI=1S/C23H25ClN2O4/c1-27-20-6-8-21(9-7-20)28-14-22-15-29-23(30-22,16-26-13-12-25-17-26)11-10-18-2-4-19(24)5-3-18/h2-9,12-13,17,22H,10-11,14-16H2,1H3. The summed E-state index contributed by atoms with van der Waals surface area (Å²) in [7, 11) is 1.64. The van der Waals surface area contributed by atoms with Crippen molar-refractivity contribution in [3.8, 4) is 11.5 Å². The first-order chi connectivity index (χ1) is 14.6. The Bertz CT molecular complexity index is 915. The molecule has 7 heteroatoms. The van der Waals surface area contributed by atoms with Crippen LogP contribution in [-0.2, 0) is 22.4 Å². The van der Waals surface area contributed by atoms with E-state index in [2.05, 4.69) is 4.98 Å². The molecule has 0 bridgehead atoms. The van der Waals surface area contributed by atoms with Crippen molar-refractivity contribution in [2.24, 2.45) is 0 Å². The minimum Gasteiger partial charge on any atom is -0.497 e. The molecule has 1 aliphatic heterocycles. The van der Waals surface area contributed by atoms with E-state index < -0.39 is 5.79 Å². The van der Waals surface area contributed by atoms with Crippen LogP contribution in [0.5, 0.6) is 11.5 Å². The van der Waals surface area contributed by atoms with Crippen LogP contribution in [-0.4, -0.2) is 41.8 Å². The monoisotopic (exact) mass is 428 g/mol. The van der Waals surface area contributed by atoms with Gasteiger partial charge in [-0.05, 0) is 48.4 Å². The summed E-state index contributed by atoms with van der Waals surface area (Å²) in [4.78, 5) is 4.13. The van der Waals surface area contributed by atoms with Crippen LogP contribution in [0.1, 0.15) is 12.0 Å². The SMILES string of the molecule is COc1ccc(OCC2COC(CCc3ccc(Cl)cc3)(Cn3ccnc3)O2)cc1. The molecule has 2 atom stereocenters. The summed E-state index contributed by atoms with van der Waals surface area (Å²) < 4.78 is 25.6. The van der Waals surface area contributed by atoms with Crippen molar-refractivity contribution in [3.05, 3.63) is 77.8 Å². The first-order valence-corrected chi connectivity index (χ1v) is 10.3. The zero-order chi connectivity index (χ0) is 20.8. The number of aromatic nitrogens is 2. The molecule has 3 aromatic rings. The molecule has 2 heterocycles. The van der Waals surface area contributed by atoms with Gasteiger partial charge >= 0.3 is 0 Å². The quantitative estimate of drug-likeness (QED) is 0.506. The molecule has 0 amide bonds. The van der Waals surface area contributed by atoms with Crippen LogP contribution in [0.3, 0.4) is 0 Å². The number of benzene rings is 2. The molecular formula is C23H25ClN2O4. The van der Waals surface area contributed by atoms with Gasteiger partial charge in [0.05, 0.1) is 26.6 Å². The molecule has 30 heavy (non-hydrogen) atoms. The van der Waals surface area contributed by atoms with Crippen LogP contribution in [0.25, 0.3) is 0 Å². The second-order valence-electron chi connectivity index (χ2n) is 7.31. The lowest BCUT2D eigenvalue weighted by molar-refractivity contribution is -0.184. The van der Waals surface area contributed by atoms with E-state index in [0.717, 1.165) is 22.9 Å². The first-order valence-electron chi connectivity index (χ1n) is 9.93. The number of nitrogens with zero attached hydrogens (tertiary/aromatic N) is 2. The van der Waals surface area contributed by atoms with Crippen molar-refractivity contribution in [2.75, 3.05) is 20.3 Å². The number of halogens is 1. The van der Waals surface area contributed by atoms with E-state index in [1.54, 1.807) is 19.6 Å². The maximum atomic E-state index is 6.39. The number of methoxy groups -OCH3 is 1. The Kier molecular flexibility index (Phi) is 6.57. The van der Waals surface area contributed by atoms with Gasteiger partial charge in [0.25, 0.3) is 0 Å². The smallest absolute Gasteiger partial charge is 0.187 e. The lowest BCUT2D eigenvalue weighted by Gasteiger charge is -2.28.